The maximum atomic E-state index is 12.3. The van der Waals surface area contributed by atoms with E-state index >= 15 is 0 Å². The quantitative estimate of drug-likeness (QED) is 0.835. The average Bonchev–Trinajstić information content (AvgIpc) is 2.47. The Labute approximate surface area is 127 Å². The van der Waals surface area contributed by atoms with Gasteiger partial charge in [-0.05, 0) is 59.4 Å². The van der Waals surface area contributed by atoms with E-state index in [1.807, 2.05) is 0 Å². The van der Waals surface area contributed by atoms with Gasteiger partial charge in [0.2, 0.25) is 0 Å². The Kier molecular flexibility index (Phi) is 5.57. The summed E-state index contributed by atoms with van der Waals surface area (Å²) in [5, 5.41) is 9.22. The Hall–Kier alpha value is -0.910. The molecule has 20 heavy (non-hydrogen) atoms. The van der Waals surface area contributed by atoms with E-state index in [0.29, 0.717) is 18.0 Å². The van der Waals surface area contributed by atoms with Gasteiger partial charge in [-0.1, -0.05) is 0 Å². The number of rotatable bonds is 5. The second-order valence-electron chi connectivity index (χ2n) is 5.20. The number of aliphatic hydroxyl groups excluding tert-OH is 1. The van der Waals surface area contributed by atoms with Crippen LogP contribution in [0.4, 0.5) is 0 Å². The highest BCUT2D eigenvalue weighted by Gasteiger charge is 2.21. The van der Waals surface area contributed by atoms with Crippen LogP contribution >= 0.6 is 15.9 Å². The minimum Gasteiger partial charge on any atom is -0.496 e. The zero-order valence-corrected chi connectivity index (χ0v) is 13.2. The number of carbonyl (C=O) groups is 1. The zero-order chi connectivity index (χ0) is 14.5. The first-order valence-electron chi connectivity index (χ1n) is 6.84. The molecule has 1 aliphatic rings. The Morgan fingerprint density at radius 1 is 1.55 bits per heavy atom. The first-order chi connectivity index (χ1) is 9.63. The molecule has 0 radical (unpaired) electrons. The molecule has 1 aromatic carbocycles. The van der Waals surface area contributed by atoms with Crippen LogP contribution in [0.3, 0.4) is 0 Å². The molecule has 1 aromatic rings. The molecule has 0 spiro atoms. The molecule has 0 bridgehead atoms. The minimum atomic E-state index is 0.104. The number of benzene rings is 1. The number of hydrogen-bond donors (Lipinski definition) is 1. The van der Waals surface area contributed by atoms with Gasteiger partial charge in [-0.25, -0.2) is 0 Å². The fraction of sp³-hybridized carbons (Fsp3) is 0.533. The lowest BCUT2D eigenvalue weighted by atomic mass is 9.98. The summed E-state index contributed by atoms with van der Waals surface area (Å²) in [7, 11) is 1.60. The molecule has 110 valence electrons. The van der Waals surface area contributed by atoms with E-state index in [1.165, 1.54) is 0 Å². The molecule has 0 aromatic heterocycles. The summed E-state index contributed by atoms with van der Waals surface area (Å²) in [5.41, 5.74) is 0.684. The van der Waals surface area contributed by atoms with Crippen molar-refractivity contribution in [2.24, 2.45) is 5.92 Å². The predicted molar refractivity (Wildman–Crippen MR) is 81.3 cm³/mol. The standard InChI is InChI=1S/C15H20BrNO3/c1-20-15-5-4-12(7-13(15)16)14(19)9-17-6-2-3-11(8-17)10-18/h4-5,7,11,18H,2-3,6,8-10H2,1H3. The third-order valence-electron chi connectivity index (χ3n) is 3.70. The molecular formula is C15H20BrNO3. The fourth-order valence-corrected chi connectivity index (χ4v) is 3.12. The summed E-state index contributed by atoms with van der Waals surface area (Å²) < 4.78 is 5.95. The molecular weight excluding hydrogens is 322 g/mol. The highest BCUT2D eigenvalue weighted by molar-refractivity contribution is 9.10. The van der Waals surface area contributed by atoms with Crippen molar-refractivity contribution in [1.29, 1.82) is 0 Å². The summed E-state index contributed by atoms with van der Waals surface area (Å²) in [4.78, 5) is 14.4. The van der Waals surface area contributed by atoms with Crippen LogP contribution in [0.25, 0.3) is 0 Å². The number of carbonyl (C=O) groups excluding carboxylic acids is 1. The van der Waals surface area contributed by atoms with Gasteiger partial charge in [0.1, 0.15) is 5.75 Å². The van der Waals surface area contributed by atoms with Crippen LogP contribution in [-0.2, 0) is 0 Å². The molecule has 4 nitrogen and oxygen atoms in total. The molecule has 2 rings (SSSR count). The number of nitrogens with zero attached hydrogens (tertiary/aromatic N) is 1. The number of methoxy groups -OCH3 is 1. The SMILES string of the molecule is COc1ccc(C(=O)CN2CCCC(CO)C2)cc1Br. The Morgan fingerprint density at radius 2 is 2.35 bits per heavy atom. The largest absolute Gasteiger partial charge is 0.496 e. The monoisotopic (exact) mass is 341 g/mol. The normalized spacial score (nSPS) is 19.9. The van der Waals surface area contributed by atoms with Gasteiger partial charge < -0.3 is 9.84 Å². The predicted octanol–water partition coefficient (Wildman–Crippen LogP) is 2.34. The number of ether oxygens (including phenoxy) is 1. The lowest BCUT2D eigenvalue weighted by Gasteiger charge is -2.31. The lowest BCUT2D eigenvalue weighted by Crippen LogP contribution is -2.39. The zero-order valence-electron chi connectivity index (χ0n) is 11.6. The molecule has 1 unspecified atom stereocenters. The van der Waals surface area contributed by atoms with Gasteiger partial charge in [-0.3, -0.25) is 9.69 Å². The maximum Gasteiger partial charge on any atom is 0.176 e. The van der Waals surface area contributed by atoms with E-state index < -0.39 is 0 Å². The fourth-order valence-electron chi connectivity index (χ4n) is 2.58. The number of likely N-dealkylation sites (tertiary alicyclic amines) is 1. The first-order valence-corrected chi connectivity index (χ1v) is 7.63. The van der Waals surface area contributed by atoms with Gasteiger partial charge in [-0.2, -0.15) is 0 Å². The Balaban J connectivity index is 1.99. The van der Waals surface area contributed by atoms with E-state index in [0.717, 1.165) is 36.2 Å². The first kappa shape index (κ1) is 15.5. The van der Waals surface area contributed by atoms with Gasteiger partial charge in [0, 0.05) is 18.7 Å². The van der Waals surface area contributed by atoms with Crippen molar-refractivity contribution >= 4 is 21.7 Å². The lowest BCUT2D eigenvalue weighted by molar-refractivity contribution is 0.0833. The van der Waals surface area contributed by atoms with Crippen LogP contribution in [0, 0.1) is 5.92 Å². The van der Waals surface area contributed by atoms with Gasteiger partial charge in [0.15, 0.2) is 5.78 Å². The third-order valence-corrected chi connectivity index (χ3v) is 4.32. The molecule has 0 amide bonds. The summed E-state index contributed by atoms with van der Waals surface area (Å²) in [6.07, 6.45) is 2.10. The summed E-state index contributed by atoms with van der Waals surface area (Å²) in [6.45, 7) is 2.35. The van der Waals surface area contributed by atoms with Gasteiger partial charge in [0.25, 0.3) is 0 Å². The van der Waals surface area contributed by atoms with Crippen molar-refractivity contribution in [1.82, 2.24) is 4.90 Å². The average molecular weight is 342 g/mol. The smallest absolute Gasteiger partial charge is 0.176 e. The van der Waals surface area contributed by atoms with E-state index in [-0.39, 0.29) is 12.4 Å². The number of piperidine rings is 1. The molecule has 0 aliphatic carbocycles. The third kappa shape index (κ3) is 3.81. The van der Waals surface area contributed by atoms with Crippen molar-refractivity contribution in [3.05, 3.63) is 28.2 Å². The number of Topliss-reactive ketones (excluding diaryl/α,β-unsaturated/α-hetero) is 1. The molecule has 0 saturated carbocycles. The van der Waals surface area contributed by atoms with Gasteiger partial charge in [-0.15, -0.1) is 0 Å². The molecule has 1 aliphatic heterocycles. The van der Waals surface area contributed by atoms with Crippen molar-refractivity contribution in [2.45, 2.75) is 12.8 Å². The molecule has 1 fully saturated rings. The molecule has 1 atom stereocenters. The van der Waals surface area contributed by atoms with Gasteiger partial charge >= 0.3 is 0 Å². The number of aliphatic hydroxyl groups is 1. The summed E-state index contributed by atoms with van der Waals surface area (Å²) in [5.74, 6) is 1.13. The maximum absolute atomic E-state index is 12.3. The molecule has 1 heterocycles. The summed E-state index contributed by atoms with van der Waals surface area (Å²) >= 11 is 3.40. The van der Waals surface area contributed by atoms with Crippen LogP contribution < -0.4 is 4.74 Å². The van der Waals surface area contributed by atoms with Crippen LogP contribution in [0.5, 0.6) is 5.75 Å². The molecule has 1 N–H and O–H groups in total. The van der Waals surface area contributed by atoms with E-state index in [1.54, 1.807) is 25.3 Å². The van der Waals surface area contributed by atoms with Crippen LogP contribution in [-0.4, -0.2) is 49.1 Å². The Bertz CT molecular complexity index is 478. The molecule has 5 heteroatoms. The van der Waals surface area contributed by atoms with Crippen molar-refractivity contribution in [2.75, 3.05) is 33.4 Å². The number of halogens is 1. The molecule has 1 saturated heterocycles. The van der Waals surface area contributed by atoms with E-state index in [9.17, 15) is 9.90 Å². The van der Waals surface area contributed by atoms with Crippen molar-refractivity contribution < 1.29 is 14.6 Å². The number of ketones is 1. The highest BCUT2D eigenvalue weighted by atomic mass is 79.9. The second-order valence-corrected chi connectivity index (χ2v) is 6.05. The van der Waals surface area contributed by atoms with Crippen molar-refractivity contribution in [3.63, 3.8) is 0 Å². The topological polar surface area (TPSA) is 49.8 Å². The highest BCUT2D eigenvalue weighted by Crippen LogP contribution is 2.26. The van der Waals surface area contributed by atoms with E-state index in [4.69, 9.17) is 4.74 Å². The van der Waals surface area contributed by atoms with Crippen LogP contribution in [0.1, 0.15) is 23.2 Å². The van der Waals surface area contributed by atoms with Crippen LogP contribution in [0.2, 0.25) is 0 Å². The van der Waals surface area contributed by atoms with Crippen molar-refractivity contribution in [3.8, 4) is 5.75 Å². The Morgan fingerprint density at radius 3 is 3.00 bits per heavy atom. The number of hydrogen-bond acceptors (Lipinski definition) is 4. The minimum absolute atomic E-state index is 0.104. The summed E-state index contributed by atoms with van der Waals surface area (Å²) in [6, 6.07) is 5.39. The van der Waals surface area contributed by atoms with Gasteiger partial charge in [0.05, 0.1) is 18.1 Å². The second kappa shape index (κ2) is 7.20. The van der Waals surface area contributed by atoms with E-state index in [2.05, 4.69) is 20.8 Å². The van der Waals surface area contributed by atoms with Crippen LogP contribution in [0.15, 0.2) is 22.7 Å².